The van der Waals surface area contributed by atoms with E-state index in [9.17, 15) is 9.59 Å². The van der Waals surface area contributed by atoms with Crippen LogP contribution in [0.4, 0.5) is 0 Å². The van der Waals surface area contributed by atoms with Gasteiger partial charge in [0.25, 0.3) is 0 Å². The summed E-state index contributed by atoms with van der Waals surface area (Å²) in [7, 11) is 1.29. The number of hydrogen-bond acceptors (Lipinski definition) is 4. The molecule has 0 aliphatic heterocycles. The van der Waals surface area contributed by atoms with Crippen molar-refractivity contribution in [2.75, 3.05) is 13.7 Å². The lowest BCUT2D eigenvalue weighted by molar-refractivity contribution is -0.142. The van der Waals surface area contributed by atoms with Crippen molar-refractivity contribution < 1.29 is 19.1 Å². The molecule has 0 aromatic heterocycles. The third-order valence-electron chi connectivity index (χ3n) is 3.00. The van der Waals surface area contributed by atoms with Gasteiger partial charge in [-0.1, -0.05) is 29.8 Å². The average molecular weight is 331 g/mol. The number of carbonyl (C=O) groups is 2. The summed E-state index contributed by atoms with van der Waals surface area (Å²) < 4.78 is 9.70. The van der Waals surface area contributed by atoms with Crippen molar-refractivity contribution in [1.29, 1.82) is 0 Å². The maximum Gasteiger partial charge on any atom is 0.343 e. The van der Waals surface area contributed by atoms with Crippen LogP contribution in [0.5, 0.6) is 5.75 Å². The van der Waals surface area contributed by atoms with Crippen molar-refractivity contribution in [2.45, 2.75) is 0 Å². The summed E-state index contributed by atoms with van der Waals surface area (Å²) in [5.74, 6) is -0.107. The van der Waals surface area contributed by atoms with Crippen molar-refractivity contribution in [3.63, 3.8) is 0 Å². The lowest BCUT2D eigenvalue weighted by Gasteiger charge is -2.04. The predicted octanol–water partition coefficient (Wildman–Crippen LogP) is 3.79. The molecule has 118 valence electrons. The van der Waals surface area contributed by atoms with E-state index in [1.807, 2.05) is 12.1 Å². The summed E-state index contributed by atoms with van der Waals surface area (Å²) in [6, 6.07) is 13.8. The minimum Gasteiger partial charge on any atom is -0.482 e. The number of hydrogen-bond donors (Lipinski definition) is 0. The Labute approximate surface area is 139 Å². The largest absolute Gasteiger partial charge is 0.482 e. The molecule has 0 aliphatic carbocycles. The quantitative estimate of drug-likeness (QED) is 0.459. The molecular weight excluding hydrogens is 316 g/mol. The van der Waals surface area contributed by atoms with Gasteiger partial charge in [0.05, 0.1) is 7.11 Å². The zero-order chi connectivity index (χ0) is 16.7. The Morgan fingerprint density at radius 3 is 2.52 bits per heavy atom. The maximum atomic E-state index is 12.1. The van der Waals surface area contributed by atoms with Crippen LogP contribution in [0.3, 0.4) is 0 Å². The predicted molar refractivity (Wildman–Crippen MR) is 88.8 cm³/mol. The van der Waals surface area contributed by atoms with E-state index in [-0.39, 0.29) is 12.4 Å². The fourth-order valence-corrected chi connectivity index (χ4v) is 1.99. The van der Waals surface area contributed by atoms with E-state index in [1.165, 1.54) is 13.2 Å². The smallest absolute Gasteiger partial charge is 0.343 e. The summed E-state index contributed by atoms with van der Waals surface area (Å²) >= 11 is 5.89. The number of benzene rings is 2. The third-order valence-corrected chi connectivity index (χ3v) is 3.23. The third kappa shape index (κ3) is 5.27. The van der Waals surface area contributed by atoms with Gasteiger partial charge in [-0.25, -0.2) is 4.79 Å². The van der Waals surface area contributed by atoms with Crippen LogP contribution in [0.1, 0.15) is 15.9 Å². The summed E-state index contributed by atoms with van der Waals surface area (Å²) in [6.45, 7) is -0.168. The van der Waals surface area contributed by atoms with Crippen LogP contribution < -0.4 is 4.74 Å². The molecule has 0 saturated heterocycles. The Hall–Kier alpha value is -2.59. The zero-order valence-electron chi connectivity index (χ0n) is 12.5. The standard InChI is InChI=1S/C18H15ClO4/c1-22-18(21)12-23-16-8-6-14(7-9-16)17(20)10-5-13-3-2-4-15(19)11-13/h2-11H,12H2,1H3. The van der Waals surface area contributed by atoms with E-state index < -0.39 is 5.97 Å². The van der Waals surface area contributed by atoms with E-state index in [0.717, 1.165) is 5.56 Å². The van der Waals surface area contributed by atoms with Crippen LogP contribution in [0.15, 0.2) is 54.6 Å². The fraction of sp³-hybridized carbons (Fsp3) is 0.111. The Bertz CT molecular complexity index is 720. The number of ketones is 1. The summed E-state index contributed by atoms with van der Waals surface area (Å²) in [5.41, 5.74) is 1.37. The highest BCUT2D eigenvalue weighted by molar-refractivity contribution is 6.30. The summed E-state index contributed by atoms with van der Waals surface area (Å²) in [6.07, 6.45) is 3.19. The first kappa shape index (κ1) is 16.8. The first-order valence-electron chi connectivity index (χ1n) is 6.86. The molecule has 0 atom stereocenters. The second kappa shape index (κ2) is 8.15. The van der Waals surface area contributed by atoms with Crippen molar-refractivity contribution in [2.24, 2.45) is 0 Å². The second-order valence-corrected chi connectivity index (χ2v) is 5.08. The molecule has 2 aromatic carbocycles. The molecule has 0 spiro atoms. The van der Waals surface area contributed by atoms with Gasteiger partial charge >= 0.3 is 5.97 Å². The van der Waals surface area contributed by atoms with Crippen LogP contribution in [0, 0.1) is 0 Å². The normalized spacial score (nSPS) is 10.5. The van der Waals surface area contributed by atoms with Gasteiger partial charge in [-0.2, -0.15) is 0 Å². The van der Waals surface area contributed by atoms with Gasteiger partial charge in [0.2, 0.25) is 0 Å². The van der Waals surface area contributed by atoms with Gasteiger partial charge in [0, 0.05) is 10.6 Å². The number of allylic oxidation sites excluding steroid dienone is 1. The highest BCUT2D eigenvalue weighted by Gasteiger charge is 2.04. The molecule has 0 bridgehead atoms. The van der Waals surface area contributed by atoms with E-state index in [1.54, 1.807) is 42.5 Å². The minimum atomic E-state index is -0.463. The van der Waals surface area contributed by atoms with Crippen LogP contribution in [0.2, 0.25) is 5.02 Å². The maximum absolute atomic E-state index is 12.1. The highest BCUT2D eigenvalue weighted by atomic mass is 35.5. The first-order valence-corrected chi connectivity index (χ1v) is 7.24. The number of ether oxygens (including phenoxy) is 2. The first-order chi connectivity index (χ1) is 11.1. The zero-order valence-corrected chi connectivity index (χ0v) is 13.2. The number of methoxy groups -OCH3 is 1. The van der Waals surface area contributed by atoms with Crippen molar-refractivity contribution >= 4 is 29.4 Å². The Morgan fingerprint density at radius 2 is 1.87 bits per heavy atom. The average Bonchev–Trinajstić information content (AvgIpc) is 2.58. The molecule has 0 fully saturated rings. The second-order valence-electron chi connectivity index (χ2n) is 4.64. The molecule has 0 heterocycles. The van der Waals surface area contributed by atoms with E-state index >= 15 is 0 Å². The fourth-order valence-electron chi connectivity index (χ4n) is 1.80. The molecule has 2 aromatic rings. The van der Waals surface area contributed by atoms with Gasteiger partial charge in [-0.05, 0) is 48.0 Å². The lowest BCUT2D eigenvalue weighted by atomic mass is 10.1. The van der Waals surface area contributed by atoms with Crippen LogP contribution in [0.25, 0.3) is 6.08 Å². The molecular formula is C18H15ClO4. The molecule has 0 aliphatic rings. The van der Waals surface area contributed by atoms with E-state index in [4.69, 9.17) is 16.3 Å². The van der Waals surface area contributed by atoms with Gasteiger partial charge in [0.15, 0.2) is 12.4 Å². The molecule has 0 radical (unpaired) electrons. The lowest BCUT2D eigenvalue weighted by Crippen LogP contribution is -2.12. The van der Waals surface area contributed by atoms with Crippen molar-refractivity contribution in [1.82, 2.24) is 0 Å². The number of rotatable bonds is 6. The Kier molecular flexibility index (Phi) is 5.94. The summed E-state index contributed by atoms with van der Waals surface area (Å²) in [5, 5.41) is 0.617. The van der Waals surface area contributed by atoms with Crippen molar-refractivity contribution in [3.05, 3.63) is 70.8 Å². The molecule has 5 heteroatoms. The molecule has 2 rings (SSSR count). The van der Waals surface area contributed by atoms with Gasteiger partial charge in [-0.3, -0.25) is 4.79 Å². The SMILES string of the molecule is COC(=O)COc1ccc(C(=O)C=Cc2cccc(Cl)c2)cc1. The number of esters is 1. The molecule has 0 saturated carbocycles. The van der Waals surface area contributed by atoms with E-state index in [0.29, 0.717) is 16.3 Å². The topological polar surface area (TPSA) is 52.6 Å². The summed E-state index contributed by atoms with van der Waals surface area (Å²) in [4.78, 5) is 23.1. The van der Waals surface area contributed by atoms with Gasteiger partial charge in [-0.15, -0.1) is 0 Å². The van der Waals surface area contributed by atoms with Crippen LogP contribution in [-0.2, 0) is 9.53 Å². The van der Waals surface area contributed by atoms with Gasteiger partial charge in [0.1, 0.15) is 5.75 Å². The number of carbonyl (C=O) groups excluding carboxylic acids is 2. The van der Waals surface area contributed by atoms with Gasteiger partial charge < -0.3 is 9.47 Å². The van der Waals surface area contributed by atoms with Crippen molar-refractivity contribution in [3.8, 4) is 5.75 Å². The molecule has 0 N–H and O–H groups in total. The van der Waals surface area contributed by atoms with Crippen LogP contribution in [-0.4, -0.2) is 25.5 Å². The van der Waals surface area contributed by atoms with Crippen LogP contribution >= 0.6 is 11.6 Å². The molecule has 4 nitrogen and oxygen atoms in total. The Balaban J connectivity index is 1.98. The Morgan fingerprint density at radius 1 is 1.13 bits per heavy atom. The minimum absolute atomic E-state index is 0.135. The number of halogens is 1. The monoisotopic (exact) mass is 330 g/mol. The molecule has 0 unspecified atom stereocenters. The molecule has 0 amide bonds. The molecule has 23 heavy (non-hydrogen) atoms. The highest BCUT2D eigenvalue weighted by Crippen LogP contribution is 2.15. The van der Waals surface area contributed by atoms with E-state index in [2.05, 4.69) is 4.74 Å².